The predicted octanol–water partition coefficient (Wildman–Crippen LogP) is 6.16. The number of pyridine rings is 1. The molecule has 0 bridgehead atoms. The SMILES string of the molecule is O=C(C1CC1c1ccc(F)cc1)N(Cc1ccccn1)[C@@H](c1ccc(Cl)cc1)C1CC1. The van der Waals surface area contributed by atoms with Gasteiger partial charge in [0.1, 0.15) is 5.82 Å². The van der Waals surface area contributed by atoms with Gasteiger partial charge in [-0.2, -0.15) is 0 Å². The van der Waals surface area contributed by atoms with Gasteiger partial charge in [-0.1, -0.05) is 41.9 Å². The van der Waals surface area contributed by atoms with E-state index in [-0.39, 0.29) is 29.6 Å². The fourth-order valence-corrected chi connectivity index (χ4v) is 4.64. The molecule has 0 saturated heterocycles. The number of nitrogens with zero attached hydrogens (tertiary/aromatic N) is 2. The molecule has 2 aliphatic carbocycles. The van der Waals surface area contributed by atoms with Crippen molar-refractivity contribution < 1.29 is 9.18 Å². The van der Waals surface area contributed by atoms with Crippen molar-refractivity contribution in [2.24, 2.45) is 11.8 Å². The summed E-state index contributed by atoms with van der Waals surface area (Å²) >= 11 is 6.12. The first-order valence-electron chi connectivity index (χ1n) is 10.8. The lowest BCUT2D eigenvalue weighted by atomic mass is 9.99. The van der Waals surface area contributed by atoms with Gasteiger partial charge in [0.2, 0.25) is 5.91 Å². The Morgan fingerprint density at radius 1 is 1.06 bits per heavy atom. The zero-order valence-corrected chi connectivity index (χ0v) is 17.9. The number of carbonyl (C=O) groups excluding carboxylic acids is 1. The van der Waals surface area contributed by atoms with Crippen LogP contribution in [0.2, 0.25) is 5.02 Å². The van der Waals surface area contributed by atoms with Gasteiger partial charge in [-0.15, -0.1) is 0 Å². The normalized spacial score (nSPS) is 20.8. The highest BCUT2D eigenvalue weighted by atomic mass is 35.5. The van der Waals surface area contributed by atoms with Gasteiger partial charge < -0.3 is 4.90 Å². The molecular formula is C26H24ClFN2O. The van der Waals surface area contributed by atoms with Gasteiger partial charge in [0.25, 0.3) is 0 Å². The molecule has 0 aliphatic heterocycles. The van der Waals surface area contributed by atoms with E-state index in [0.29, 0.717) is 17.5 Å². The summed E-state index contributed by atoms with van der Waals surface area (Å²) in [6.07, 6.45) is 4.81. The molecule has 3 nitrogen and oxygen atoms in total. The van der Waals surface area contributed by atoms with Crippen LogP contribution in [-0.4, -0.2) is 15.8 Å². The lowest BCUT2D eigenvalue weighted by Gasteiger charge is -2.33. The molecule has 3 aromatic rings. The topological polar surface area (TPSA) is 33.2 Å². The maximum absolute atomic E-state index is 13.8. The van der Waals surface area contributed by atoms with Crippen molar-refractivity contribution in [3.63, 3.8) is 0 Å². The Kier molecular flexibility index (Phi) is 5.49. The van der Waals surface area contributed by atoms with Crippen molar-refractivity contribution in [3.05, 3.63) is 101 Å². The smallest absolute Gasteiger partial charge is 0.227 e. The molecule has 0 spiro atoms. The molecule has 1 aromatic heterocycles. The van der Waals surface area contributed by atoms with Crippen molar-refractivity contribution >= 4 is 17.5 Å². The molecule has 3 atom stereocenters. The van der Waals surface area contributed by atoms with Crippen LogP contribution in [-0.2, 0) is 11.3 Å². The summed E-state index contributed by atoms with van der Waals surface area (Å²) in [5.41, 5.74) is 3.04. The third kappa shape index (κ3) is 4.49. The monoisotopic (exact) mass is 434 g/mol. The molecule has 1 amide bonds. The van der Waals surface area contributed by atoms with Crippen LogP contribution in [0.25, 0.3) is 0 Å². The van der Waals surface area contributed by atoms with Crippen molar-refractivity contribution in [3.8, 4) is 0 Å². The zero-order chi connectivity index (χ0) is 21.4. The second kappa shape index (κ2) is 8.43. The maximum Gasteiger partial charge on any atom is 0.227 e. The third-order valence-corrected chi connectivity index (χ3v) is 6.62. The van der Waals surface area contributed by atoms with Gasteiger partial charge in [-0.25, -0.2) is 4.39 Å². The molecule has 1 heterocycles. The Labute approximate surface area is 186 Å². The van der Waals surface area contributed by atoms with Gasteiger partial charge in [-0.3, -0.25) is 9.78 Å². The molecule has 5 rings (SSSR count). The van der Waals surface area contributed by atoms with E-state index in [4.69, 9.17) is 11.6 Å². The Bertz CT molecular complexity index is 1050. The van der Waals surface area contributed by atoms with Crippen LogP contribution >= 0.6 is 11.6 Å². The molecule has 2 aromatic carbocycles. The molecule has 0 N–H and O–H groups in total. The lowest BCUT2D eigenvalue weighted by Crippen LogP contribution is -2.37. The van der Waals surface area contributed by atoms with E-state index in [0.717, 1.165) is 36.1 Å². The molecule has 0 radical (unpaired) electrons. The van der Waals surface area contributed by atoms with Crippen LogP contribution in [0.4, 0.5) is 4.39 Å². The number of amides is 1. The third-order valence-electron chi connectivity index (χ3n) is 6.36. The molecule has 31 heavy (non-hydrogen) atoms. The van der Waals surface area contributed by atoms with E-state index >= 15 is 0 Å². The summed E-state index contributed by atoms with van der Waals surface area (Å²) in [6.45, 7) is 0.482. The Hall–Kier alpha value is -2.72. The van der Waals surface area contributed by atoms with Crippen LogP contribution in [0, 0.1) is 17.7 Å². The van der Waals surface area contributed by atoms with Gasteiger partial charge >= 0.3 is 0 Å². The van der Waals surface area contributed by atoms with E-state index in [2.05, 4.69) is 4.98 Å². The molecule has 5 heteroatoms. The number of aromatic nitrogens is 1. The number of rotatable bonds is 7. The average Bonchev–Trinajstić information content (AvgIpc) is 3.70. The first kappa shape index (κ1) is 20.2. The highest BCUT2D eigenvalue weighted by molar-refractivity contribution is 6.30. The molecule has 2 aliphatic rings. The standard InChI is InChI=1S/C26H24ClFN2O/c27-20-10-6-19(7-11-20)25(18-4-5-18)30(16-22-3-1-2-14-29-22)26(31)24-15-23(24)17-8-12-21(28)13-9-17/h1-3,6-14,18,23-25H,4-5,15-16H2/t23?,24?,25-/m1/s1. The summed E-state index contributed by atoms with van der Waals surface area (Å²) in [6, 6.07) is 20.2. The number of benzene rings is 2. The van der Waals surface area contributed by atoms with E-state index in [1.54, 1.807) is 18.3 Å². The Morgan fingerprint density at radius 2 is 1.81 bits per heavy atom. The minimum Gasteiger partial charge on any atom is -0.329 e. The maximum atomic E-state index is 13.8. The van der Waals surface area contributed by atoms with Crippen LogP contribution < -0.4 is 0 Å². The molecule has 2 saturated carbocycles. The summed E-state index contributed by atoms with van der Waals surface area (Å²) in [5, 5.41) is 0.694. The van der Waals surface area contributed by atoms with Gasteiger partial charge in [-0.05, 0) is 78.6 Å². The number of hydrogen-bond donors (Lipinski definition) is 0. The first-order chi connectivity index (χ1) is 15.1. The Morgan fingerprint density at radius 3 is 2.45 bits per heavy atom. The minimum atomic E-state index is -0.249. The van der Waals surface area contributed by atoms with E-state index < -0.39 is 0 Å². The van der Waals surface area contributed by atoms with Gasteiger partial charge in [0.05, 0.1) is 18.3 Å². The summed E-state index contributed by atoms with van der Waals surface area (Å²) in [5.74, 6) is 0.455. The van der Waals surface area contributed by atoms with Crippen LogP contribution in [0.15, 0.2) is 72.9 Å². The molecule has 2 unspecified atom stereocenters. The molecular weight excluding hydrogens is 411 g/mol. The zero-order valence-electron chi connectivity index (χ0n) is 17.1. The Balaban J connectivity index is 1.44. The fourth-order valence-electron chi connectivity index (χ4n) is 4.52. The van der Waals surface area contributed by atoms with Crippen LogP contribution in [0.1, 0.15) is 48.0 Å². The lowest BCUT2D eigenvalue weighted by molar-refractivity contribution is -0.136. The number of hydrogen-bond acceptors (Lipinski definition) is 2. The first-order valence-corrected chi connectivity index (χ1v) is 11.2. The van der Waals surface area contributed by atoms with E-state index in [1.165, 1.54) is 12.1 Å². The highest BCUT2D eigenvalue weighted by Gasteiger charge is 2.49. The van der Waals surface area contributed by atoms with Crippen molar-refractivity contribution in [1.82, 2.24) is 9.88 Å². The minimum absolute atomic E-state index is 0.0150. The van der Waals surface area contributed by atoms with Crippen molar-refractivity contribution in [2.75, 3.05) is 0 Å². The van der Waals surface area contributed by atoms with E-state index in [1.807, 2.05) is 47.4 Å². The number of carbonyl (C=O) groups is 1. The largest absolute Gasteiger partial charge is 0.329 e. The fraction of sp³-hybridized carbons (Fsp3) is 0.308. The van der Waals surface area contributed by atoms with Crippen LogP contribution in [0.3, 0.4) is 0 Å². The summed E-state index contributed by atoms with van der Waals surface area (Å²) < 4.78 is 13.3. The molecule has 2 fully saturated rings. The highest BCUT2D eigenvalue weighted by Crippen LogP contribution is 2.52. The summed E-state index contributed by atoms with van der Waals surface area (Å²) in [7, 11) is 0. The second-order valence-corrected chi connectivity index (χ2v) is 9.06. The van der Waals surface area contributed by atoms with Gasteiger partial charge in [0.15, 0.2) is 0 Å². The predicted molar refractivity (Wildman–Crippen MR) is 119 cm³/mol. The van der Waals surface area contributed by atoms with Crippen molar-refractivity contribution in [2.45, 2.75) is 37.8 Å². The summed E-state index contributed by atoms with van der Waals surface area (Å²) in [4.78, 5) is 20.3. The second-order valence-electron chi connectivity index (χ2n) is 8.62. The van der Waals surface area contributed by atoms with Crippen LogP contribution in [0.5, 0.6) is 0 Å². The van der Waals surface area contributed by atoms with E-state index in [9.17, 15) is 9.18 Å². The average molecular weight is 435 g/mol. The number of halogens is 2. The van der Waals surface area contributed by atoms with Gasteiger partial charge in [0, 0.05) is 17.1 Å². The quantitative estimate of drug-likeness (QED) is 0.446. The molecule has 158 valence electrons. The van der Waals surface area contributed by atoms with Crippen molar-refractivity contribution in [1.29, 1.82) is 0 Å².